The van der Waals surface area contributed by atoms with Crippen molar-refractivity contribution in [1.29, 1.82) is 0 Å². The molecule has 5 aliphatic rings. The third kappa shape index (κ3) is 4.20. The third-order valence-corrected chi connectivity index (χ3v) is 13.5. The molecule has 0 aromatic rings. The van der Waals surface area contributed by atoms with Crippen molar-refractivity contribution in [3.8, 4) is 0 Å². The molecule has 4 saturated carbocycles. The van der Waals surface area contributed by atoms with Gasteiger partial charge in [0.2, 0.25) is 0 Å². The number of allylic oxidation sites excluding steroid dienone is 3. The number of hydrogen-bond acceptors (Lipinski definition) is 4. The van der Waals surface area contributed by atoms with Crippen molar-refractivity contribution < 1.29 is 19.1 Å². The summed E-state index contributed by atoms with van der Waals surface area (Å²) in [6.07, 6.45) is 13.8. The molecule has 0 amide bonds. The fraction of sp³-hybridized carbons (Fsp3) is 0.778. The predicted molar refractivity (Wildman–Crippen MR) is 160 cm³/mol. The van der Waals surface area contributed by atoms with Crippen LogP contribution in [-0.4, -0.2) is 24.6 Å². The molecule has 0 spiro atoms. The second-order valence-electron chi connectivity index (χ2n) is 15.4. The van der Waals surface area contributed by atoms with E-state index in [1.165, 1.54) is 12.5 Å². The van der Waals surface area contributed by atoms with Crippen LogP contribution in [0.5, 0.6) is 0 Å². The SMILES string of the molecule is C=C1[C@@H](OC(C)=O)CC[C@]2(C)[C@H]3CC=C4[C@H]5[C@@H](C)[C@H](C)CC[C@]5(C(=O)OCC=C(C)C)CC[C@@]4(C)[C@]3(C)CC[C@@H]12. The molecule has 10 atom stereocenters. The van der Waals surface area contributed by atoms with Crippen molar-refractivity contribution in [2.75, 3.05) is 6.61 Å². The minimum Gasteiger partial charge on any atom is -0.461 e. The second-order valence-corrected chi connectivity index (χ2v) is 15.4. The van der Waals surface area contributed by atoms with Crippen LogP contribution in [-0.2, 0) is 19.1 Å². The Hall–Kier alpha value is -1.84. The van der Waals surface area contributed by atoms with E-state index in [-0.39, 0.29) is 40.2 Å². The van der Waals surface area contributed by atoms with Crippen molar-refractivity contribution in [3.63, 3.8) is 0 Å². The number of esters is 2. The number of fused-ring (bicyclic) bond motifs is 7. The lowest BCUT2D eigenvalue weighted by Crippen LogP contribution is -2.63. The van der Waals surface area contributed by atoms with Crippen LogP contribution in [0.1, 0.15) is 113 Å². The Kier molecular flexibility index (Phi) is 7.53. The fourth-order valence-electron chi connectivity index (χ4n) is 10.8. The van der Waals surface area contributed by atoms with E-state index in [9.17, 15) is 9.59 Å². The highest BCUT2D eigenvalue weighted by Gasteiger charge is 2.68. The largest absolute Gasteiger partial charge is 0.461 e. The molecule has 0 aromatic heterocycles. The van der Waals surface area contributed by atoms with Crippen molar-refractivity contribution in [2.45, 2.75) is 119 Å². The van der Waals surface area contributed by atoms with E-state index in [2.05, 4.69) is 61.1 Å². The summed E-state index contributed by atoms with van der Waals surface area (Å²) >= 11 is 0. The van der Waals surface area contributed by atoms with Gasteiger partial charge in [-0.15, -0.1) is 0 Å². The van der Waals surface area contributed by atoms with Gasteiger partial charge >= 0.3 is 11.9 Å². The van der Waals surface area contributed by atoms with Gasteiger partial charge in [0.15, 0.2) is 0 Å². The lowest BCUT2D eigenvalue weighted by atomic mass is 9.34. The molecular weight excluding hydrogens is 496 g/mol. The first-order valence-corrected chi connectivity index (χ1v) is 16.1. The molecule has 0 radical (unpaired) electrons. The Labute approximate surface area is 243 Å². The maximum absolute atomic E-state index is 14.0. The van der Waals surface area contributed by atoms with Crippen LogP contribution in [0.3, 0.4) is 0 Å². The zero-order chi connectivity index (χ0) is 29.3. The highest BCUT2D eigenvalue weighted by atomic mass is 16.5. The molecule has 0 bridgehead atoms. The standard InChI is InChI=1S/C36H54O4/c1-22(2)15-21-39-32(38)36-18-12-23(3)24(4)31(36)28-10-11-30-33(7)16-14-29(40-26(6)37)25(5)27(33)13-17-35(30,9)34(28,8)19-20-36/h10,15,23-24,27,29-31H,5,11-14,16-21H2,1-4,6-9H3/t23-,24+,27+,29+,30-,31-,33+,34-,35-,36+/m1/s1. The molecule has 0 aliphatic heterocycles. The van der Waals surface area contributed by atoms with E-state index in [4.69, 9.17) is 9.47 Å². The molecular formula is C36H54O4. The summed E-state index contributed by atoms with van der Waals surface area (Å²) in [7, 11) is 0. The number of rotatable bonds is 4. The van der Waals surface area contributed by atoms with Crippen LogP contribution in [0.15, 0.2) is 35.5 Å². The minimum atomic E-state index is -0.395. The monoisotopic (exact) mass is 550 g/mol. The highest BCUT2D eigenvalue weighted by molar-refractivity contribution is 5.79. The zero-order valence-corrected chi connectivity index (χ0v) is 26.5. The van der Waals surface area contributed by atoms with E-state index >= 15 is 0 Å². The van der Waals surface area contributed by atoms with Gasteiger partial charge in [-0.2, -0.15) is 0 Å². The zero-order valence-electron chi connectivity index (χ0n) is 26.5. The van der Waals surface area contributed by atoms with Gasteiger partial charge < -0.3 is 9.47 Å². The molecule has 4 nitrogen and oxygen atoms in total. The first-order chi connectivity index (χ1) is 18.7. The topological polar surface area (TPSA) is 52.6 Å². The van der Waals surface area contributed by atoms with Gasteiger partial charge in [-0.1, -0.05) is 58.4 Å². The minimum absolute atomic E-state index is 0.0414. The van der Waals surface area contributed by atoms with E-state index in [0.29, 0.717) is 30.3 Å². The van der Waals surface area contributed by atoms with E-state index in [1.807, 2.05) is 6.08 Å². The second kappa shape index (κ2) is 10.2. The summed E-state index contributed by atoms with van der Waals surface area (Å²) in [4.78, 5) is 25.8. The van der Waals surface area contributed by atoms with Crippen LogP contribution >= 0.6 is 0 Å². The molecule has 4 fully saturated rings. The van der Waals surface area contributed by atoms with Crippen molar-refractivity contribution in [3.05, 3.63) is 35.5 Å². The van der Waals surface area contributed by atoms with Crippen molar-refractivity contribution >= 4 is 11.9 Å². The predicted octanol–water partition coefficient (Wildman–Crippen LogP) is 8.62. The number of carbonyl (C=O) groups excluding carboxylic acids is 2. The molecule has 0 unspecified atom stereocenters. The van der Waals surface area contributed by atoms with Gasteiger partial charge in [-0.3, -0.25) is 9.59 Å². The number of hydrogen-bond donors (Lipinski definition) is 0. The molecule has 0 heterocycles. The van der Waals surface area contributed by atoms with Gasteiger partial charge in [0, 0.05) is 6.92 Å². The Morgan fingerprint density at radius 2 is 1.73 bits per heavy atom. The lowest BCUT2D eigenvalue weighted by Gasteiger charge is -2.70. The van der Waals surface area contributed by atoms with E-state index in [1.54, 1.807) is 5.57 Å². The molecule has 222 valence electrons. The van der Waals surface area contributed by atoms with E-state index < -0.39 is 5.41 Å². The fourth-order valence-corrected chi connectivity index (χ4v) is 10.8. The van der Waals surface area contributed by atoms with Crippen LogP contribution in [0, 0.1) is 51.2 Å². The van der Waals surface area contributed by atoms with Crippen LogP contribution in [0.25, 0.3) is 0 Å². The van der Waals surface area contributed by atoms with Crippen LogP contribution < -0.4 is 0 Å². The van der Waals surface area contributed by atoms with Gasteiger partial charge in [0.1, 0.15) is 12.7 Å². The summed E-state index contributed by atoms with van der Waals surface area (Å²) in [6.45, 7) is 23.0. The van der Waals surface area contributed by atoms with Crippen molar-refractivity contribution in [2.24, 2.45) is 51.2 Å². The first kappa shape index (κ1) is 29.6. The number of carbonyl (C=O) groups is 2. The van der Waals surface area contributed by atoms with Gasteiger partial charge in [-0.25, -0.2) is 0 Å². The summed E-state index contributed by atoms with van der Waals surface area (Å²) in [6, 6.07) is 0. The summed E-state index contributed by atoms with van der Waals surface area (Å²) in [5.41, 5.74) is 3.88. The molecule has 5 aliphatic carbocycles. The molecule has 5 rings (SSSR count). The van der Waals surface area contributed by atoms with Crippen molar-refractivity contribution in [1.82, 2.24) is 0 Å². The summed E-state index contributed by atoms with van der Waals surface area (Å²) in [5, 5.41) is 0. The normalized spacial score (nSPS) is 46.0. The molecule has 4 heteroatoms. The molecule has 0 N–H and O–H groups in total. The van der Waals surface area contributed by atoms with Gasteiger partial charge in [0.25, 0.3) is 0 Å². The van der Waals surface area contributed by atoms with E-state index in [0.717, 1.165) is 63.4 Å². The van der Waals surface area contributed by atoms with Crippen LogP contribution in [0.4, 0.5) is 0 Å². The Morgan fingerprint density at radius 3 is 2.40 bits per heavy atom. The van der Waals surface area contributed by atoms with Crippen LogP contribution in [0.2, 0.25) is 0 Å². The maximum atomic E-state index is 14.0. The Bertz CT molecular complexity index is 1130. The Balaban J connectivity index is 1.51. The highest BCUT2D eigenvalue weighted by Crippen LogP contribution is 2.75. The maximum Gasteiger partial charge on any atom is 0.313 e. The molecule has 40 heavy (non-hydrogen) atoms. The third-order valence-electron chi connectivity index (χ3n) is 13.5. The first-order valence-electron chi connectivity index (χ1n) is 16.1. The number of ether oxygens (including phenoxy) is 2. The smallest absolute Gasteiger partial charge is 0.313 e. The quantitative estimate of drug-likeness (QED) is 0.260. The average molecular weight is 551 g/mol. The summed E-state index contributed by atoms with van der Waals surface area (Å²) in [5.74, 6) is 2.10. The molecule has 0 aromatic carbocycles. The molecule has 0 saturated heterocycles. The summed E-state index contributed by atoms with van der Waals surface area (Å²) < 4.78 is 11.8. The van der Waals surface area contributed by atoms with Gasteiger partial charge in [0.05, 0.1) is 5.41 Å². The Morgan fingerprint density at radius 1 is 1.00 bits per heavy atom. The lowest BCUT2D eigenvalue weighted by molar-refractivity contribution is -0.181. The van der Waals surface area contributed by atoms with Gasteiger partial charge in [-0.05, 0) is 129 Å². The average Bonchev–Trinajstić information content (AvgIpc) is 2.88.